The van der Waals surface area contributed by atoms with E-state index in [1.807, 2.05) is 0 Å². The molecule has 2 aromatic rings. The number of alkyl halides is 1. The van der Waals surface area contributed by atoms with Gasteiger partial charge in [-0.2, -0.15) is 9.97 Å². The van der Waals surface area contributed by atoms with Crippen LogP contribution in [0, 0.1) is 0 Å². The number of fused-ring (bicyclic) bond motifs is 1. The van der Waals surface area contributed by atoms with Gasteiger partial charge in [0.15, 0.2) is 12.4 Å². The lowest BCUT2D eigenvalue weighted by Crippen LogP contribution is -2.30. The summed E-state index contributed by atoms with van der Waals surface area (Å²) in [7, 11) is 0. The van der Waals surface area contributed by atoms with Crippen LogP contribution in [-0.4, -0.2) is 54.1 Å². The standard InChI is InChI=1S/C10H12FN5O4/c11-5-6(18)4(3-17)20-7(5)15-1-2-16-9(15)13-8(12)14-10(16)19/h1-2,4-7,17-18H,3H2,(H2,12,14,19)/t4-,5+,6-,7+/m1/s1. The Hall–Kier alpha value is -2.04. The van der Waals surface area contributed by atoms with Gasteiger partial charge in [0.25, 0.3) is 0 Å². The summed E-state index contributed by atoms with van der Waals surface area (Å²) in [4.78, 5) is 18.9. The summed E-state index contributed by atoms with van der Waals surface area (Å²) >= 11 is 0. The van der Waals surface area contributed by atoms with Gasteiger partial charge in [-0.3, -0.25) is 4.57 Å². The van der Waals surface area contributed by atoms with Gasteiger partial charge in [0.1, 0.15) is 12.2 Å². The number of anilines is 1. The number of nitrogens with zero attached hydrogens (tertiary/aromatic N) is 4. The van der Waals surface area contributed by atoms with Crippen LogP contribution in [-0.2, 0) is 4.74 Å². The Kier molecular flexibility index (Phi) is 2.92. The zero-order valence-corrected chi connectivity index (χ0v) is 10.1. The first-order valence-electron chi connectivity index (χ1n) is 5.84. The molecule has 1 saturated heterocycles. The molecule has 9 nitrogen and oxygen atoms in total. The molecule has 0 unspecified atom stereocenters. The lowest BCUT2D eigenvalue weighted by atomic mass is 10.1. The molecule has 0 aromatic carbocycles. The lowest BCUT2D eigenvalue weighted by Gasteiger charge is -2.15. The van der Waals surface area contributed by atoms with E-state index in [-0.39, 0.29) is 11.7 Å². The maximum absolute atomic E-state index is 14.0. The minimum atomic E-state index is -1.77. The molecule has 0 spiro atoms. The summed E-state index contributed by atoms with van der Waals surface area (Å²) in [6.45, 7) is -0.519. The monoisotopic (exact) mass is 285 g/mol. The van der Waals surface area contributed by atoms with E-state index in [4.69, 9.17) is 15.6 Å². The smallest absolute Gasteiger partial charge is 0.357 e. The molecule has 1 fully saturated rings. The molecule has 20 heavy (non-hydrogen) atoms. The van der Waals surface area contributed by atoms with Gasteiger partial charge in [-0.15, -0.1) is 0 Å². The van der Waals surface area contributed by atoms with Gasteiger partial charge < -0.3 is 20.7 Å². The molecule has 0 radical (unpaired) electrons. The first-order valence-corrected chi connectivity index (χ1v) is 5.84. The normalized spacial score (nSPS) is 30.1. The van der Waals surface area contributed by atoms with Crippen LogP contribution in [0.25, 0.3) is 5.78 Å². The highest BCUT2D eigenvalue weighted by atomic mass is 19.1. The predicted molar refractivity (Wildman–Crippen MR) is 63.6 cm³/mol. The summed E-state index contributed by atoms with van der Waals surface area (Å²) in [6.07, 6.45) is -2.77. The van der Waals surface area contributed by atoms with Gasteiger partial charge >= 0.3 is 5.69 Å². The number of imidazole rings is 1. The van der Waals surface area contributed by atoms with Crippen LogP contribution in [0.15, 0.2) is 17.2 Å². The average Bonchev–Trinajstić information content (AvgIpc) is 2.93. The van der Waals surface area contributed by atoms with E-state index in [1.165, 1.54) is 17.0 Å². The summed E-state index contributed by atoms with van der Waals surface area (Å²) in [5, 5.41) is 18.6. The zero-order chi connectivity index (χ0) is 14.4. The molecule has 4 N–H and O–H groups in total. The van der Waals surface area contributed by atoms with E-state index in [9.17, 15) is 14.3 Å². The number of aromatic nitrogens is 4. The van der Waals surface area contributed by atoms with E-state index in [1.54, 1.807) is 0 Å². The molecule has 1 aliphatic heterocycles. The molecule has 4 atom stereocenters. The van der Waals surface area contributed by atoms with Gasteiger partial charge in [0.2, 0.25) is 11.7 Å². The molecule has 108 valence electrons. The molecule has 0 amide bonds. The molecule has 3 heterocycles. The first kappa shape index (κ1) is 13.0. The van der Waals surface area contributed by atoms with Gasteiger partial charge in [-0.1, -0.05) is 0 Å². The second-order valence-electron chi connectivity index (χ2n) is 4.42. The van der Waals surface area contributed by atoms with Crippen molar-refractivity contribution in [3.05, 3.63) is 22.9 Å². The van der Waals surface area contributed by atoms with E-state index < -0.39 is 36.9 Å². The maximum atomic E-state index is 14.0. The predicted octanol–water partition coefficient (Wildman–Crippen LogP) is -1.94. The summed E-state index contributed by atoms with van der Waals surface area (Å²) in [5.74, 6) is -0.205. The van der Waals surface area contributed by atoms with Crippen LogP contribution >= 0.6 is 0 Å². The van der Waals surface area contributed by atoms with Gasteiger partial charge in [0, 0.05) is 12.4 Å². The number of halogens is 1. The van der Waals surface area contributed by atoms with Crippen molar-refractivity contribution in [3.63, 3.8) is 0 Å². The number of ether oxygens (including phenoxy) is 1. The third-order valence-corrected chi connectivity index (χ3v) is 3.20. The van der Waals surface area contributed by atoms with Gasteiger partial charge in [-0.05, 0) is 0 Å². The number of rotatable bonds is 2. The summed E-state index contributed by atoms with van der Waals surface area (Å²) in [5.41, 5.74) is 4.74. The third kappa shape index (κ3) is 1.77. The lowest BCUT2D eigenvalue weighted by molar-refractivity contribution is -0.0459. The van der Waals surface area contributed by atoms with E-state index >= 15 is 0 Å². The molecule has 10 heteroatoms. The van der Waals surface area contributed by atoms with Crippen molar-refractivity contribution in [1.82, 2.24) is 18.9 Å². The fraction of sp³-hybridized carbons (Fsp3) is 0.500. The van der Waals surface area contributed by atoms with Crippen LogP contribution < -0.4 is 11.4 Å². The first-order chi connectivity index (χ1) is 9.52. The second-order valence-corrected chi connectivity index (χ2v) is 4.42. The molecular formula is C10H12FN5O4. The Morgan fingerprint density at radius 2 is 2.20 bits per heavy atom. The van der Waals surface area contributed by atoms with E-state index in [0.29, 0.717) is 0 Å². The van der Waals surface area contributed by atoms with Crippen LogP contribution in [0.5, 0.6) is 0 Å². The van der Waals surface area contributed by atoms with Crippen LogP contribution in [0.3, 0.4) is 0 Å². The van der Waals surface area contributed by atoms with Crippen molar-refractivity contribution in [2.24, 2.45) is 0 Å². The third-order valence-electron chi connectivity index (χ3n) is 3.20. The highest BCUT2D eigenvalue weighted by molar-refractivity contribution is 5.35. The van der Waals surface area contributed by atoms with Crippen LogP contribution in [0.4, 0.5) is 10.3 Å². The van der Waals surface area contributed by atoms with Crippen molar-refractivity contribution >= 4 is 11.7 Å². The molecule has 0 bridgehead atoms. The Morgan fingerprint density at radius 3 is 2.85 bits per heavy atom. The van der Waals surface area contributed by atoms with Gasteiger partial charge in [0.05, 0.1) is 6.61 Å². The largest absolute Gasteiger partial charge is 0.394 e. The number of nitrogen functional groups attached to an aromatic ring is 1. The molecule has 1 aliphatic rings. The molecule has 2 aromatic heterocycles. The summed E-state index contributed by atoms with van der Waals surface area (Å²) < 4.78 is 21.6. The maximum Gasteiger partial charge on any atom is 0.357 e. The van der Waals surface area contributed by atoms with Crippen LogP contribution in [0.1, 0.15) is 6.23 Å². The Morgan fingerprint density at radius 1 is 1.45 bits per heavy atom. The van der Waals surface area contributed by atoms with E-state index in [2.05, 4.69) is 9.97 Å². The van der Waals surface area contributed by atoms with Gasteiger partial charge in [-0.25, -0.2) is 13.6 Å². The van der Waals surface area contributed by atoms with Crippen molar-refractivity contribution in [1.29, 1.82) is 0 Å². The number of aliphatic hydroxyl groups is 2. The Balaban J connectivity index is 2.09. The topological polar surface area (TPSA) is 128 Å². The quantitative estimate of drug-likeness (QED) is 0.585. The van der Waals surface area contributed by atoms with Crippen molar-refractivity contribution < 1.29 is 19.3 Å². The van der Waals surface area contributed by atoms with Crippen molar-refractivity contribution in [2.45, 2.75) is 24.6 Å². The second kappa shape index (κ2) is 4.51. The van der Waals surface area contributed by atoms with Crippen molar-refractivity contribution in [3.8, 4) is 0 Å². The molecule has 0 saturated carbocycles. The minimum Gasteiger partial charge on any atom is -0.394 e. The fourth-order valence-corrected chi connectivity index (χ4v) is 2.21. The van der Waals surface area contributed by atoms with Crippen molar-refractivity contribution in [2.75, 3.05) is 12.3 Å². The minimum absolute atomic E-state index is 0.0425. The number of hydrogen-bond acceptors (Lipinski definition) is 7. The molecule has 3 rings (SSSR count). The Labute approximate surface area is 111 Å². The fourth-order valence-electron chi connectivity index (χ4n) is 2.21. The summed E-state index contributed by atoms with van der Waals surface area (Å²) in [6, 6.07) is 0. The molecule has 0 aliphatic carbocycles. The van der Waals surface area contributed by atoms with E-state index in [0.717, 1.165) is 4.40 Å². The zero-order valence-electron chi connectivity index (χ0n) is 10.1. The Bertz CT molecular complexity index is 701. The number of nitrogens with two attached hydrogens (primary N) is 1. The highest BCUT2D eigenvalue weighted by Gasteiger charge is 2.45. The highest BCUT2D eigenvalue weighted by Crippen LogP contribution is 2.32. The number of aliphatic hydroxyl groups excluding tert-OH is 2. The average molecular weight is 285 g/mol. The van der Waals surface area contributed by atoms with Crippen LogP contribution in [0.2, 0.25) is 0 Å². The molecular weight excluding hydrogens is 273 g/mol. The number of hydrogen-bond donors (Lipinski definition) is 3. The SMILES string of the molecule is Nc1nc(=O)n2ccn([C@H]3O[C@H](CO)[C@@H](O)[C@@H]3F)c2n1.